The predicted molar refractivity (Wildman–Crippen MR) is 130 cm³/mol. The molecule has 9 heteroatoms. The molecule has 1 saturated carbocycles. The molecule has 1 amide bonds. The Bertz CT molecular complexity index is 1190. The van der Waals surface area contributed by atoms with Gasteiger partial charge in [0.15, 0.2) is 0 Å². The number of pyridine rings is 1. The van der Waals surface area contributed by atoms with Crippen molar-refractivity contribution in [2.75, 3.05) is 12.4 Å². The molecule has 1 aliphatic carbocycles. The zero-order valence-electron chi connectivity index (χ0n) is 19.8. The van der Waals surface area contributed by atoms with Gasteiger partial charge in [0.05, 0.1) is 29.9 Å². The molecule has 8 nitrogen and oxygen atoms in total. The van der Waals surface area contributed by atoms with E-state index in [1.54, 1.807) is 31.4 Å². The van der Waals surface area contributed by atoms with Gasteiger partial charge in [0.2, 0.25) is 11.8 Å². The number of nitrogens with one attached hydrogen (secondary N) is 1. The normalized spacial score (nSPS) is 17.3. The van der Waals surface area contributed by atoms with Crippen LogP contribution < -0.4 is 14.8 Å². The largest absolute Gasteiger partial charge is 0.490 e. The number of ether oxygens (including phenoxy) is 3. The Hall–Kier alpha value is -3.98. The lowest BCUT2D eigenvalue weighted by Crippen LogP contribution is -2.27. The molecule has 0 aliphatic heterocycles. The molecule has 36 heavy (non-hydrogen) atoms. The summed E-state index contributed by atoms with van der Waals surface area (Å²) in [4.78, 5) is 27.8. The van der Waals surface area contributed by atoms with E-state index in [9.17, 15) is 19.1 Å². The van der Waals surface area contributed by atoms with Gasteiger partial charge in [-0.05, 0) is 67.6 Å². The van der Waals surface area contributed by atoms with Crippen LogP contribution in [0.4, 0.5) is 10.1 Å². The van der Waals surface area contributed by atoms with Gasteiger partial charge >= 0.3 is 5.97 Å². The molecule has 1 aliphatic rings. The number of rotatable bonds is 9. The summed E-state index contributed by atoms with van der Waals surface area (Å²) in [5.41, 5.74) is -0.127. The number of anilines is 1. The lowest BCUT2D eigenvalue weighted by atomic mass is 9.95. The number of amides is 1. The van der Waals surface area contributed by atoms with E-state index >= 15 is 0 Å². The van der Waals surface area contributed by atoms with E-state index in [4.69, 9.17) is 14.2 Å². The Kier molecular flexibility index (Phi) is 8.12. The van der Waals surface area contributed by atoms with Crippen LogP contribution in [0.1, 0.15) is 41.6 Å². The number of carbonyl (C=O) groups is 2. The fourth-order valence-corrected chi connectivity index (χ4v) is 4.06. The zero-order valence-corrected chi connectivity index (χ0v) is 19.8. The van der Waals surface area contributed by atoms with E-state index < -0.39 is 17.7 Å². The average molecular weight is 495 g/mol. The molecule has 1 heterocycles. The summed E-state index contributed by atoms with van der Waals surface area (Å²) in [5, 5.41) is 11.5. The molecule has 0 saturated heterocycles. The third-order valence-electron chi connectivity index (χ3n) is 5.97. The van der Waals surface area contributed by atoms with Crippen LogP contribution in [-0.2, 0) is 16.0 Å². The highest BCUT2D eigenvalue weighted by Crippen LogP contribution is 2.28. The van der Waals surface area contributed by atoms with Crippen LogP contribution in [-0.4, -0.2) is 41.3 Å². The Morgan fingerprint density at radius 2 is 1.69 bits per heavy atom. The minimum atomic E-state index is -1.33. The first-order valence-corrected chi connectivity index (χ1v) is 11.6. The summed E-state index contributed by atoms with van der Waals surface area (Å²) < 4.78 is 31.2. The van der Waals surface area contributed by atoms with Crippen LogP contribution in [0, 0.1) is 5.82 Å². The second kappa shape index (κ2) is 11.6. The Balaban J connectivity index is 1.29. The molecule has 0 bridgehead atoms. The number of hydrogen-bond donors (Lipinski definition) is 2. The third-order valence-corrected chi connectivity index (χ3v) is 5.97. The van der Waals surface area contributed by atoms with Crippen LogP contribution in [0.3, 0.4) is 0 Å². The maximum absolute atomic E-state index is 14.0. The van der Waals surface area contributed by atoms with Gasteiger partial charge in [0, 0.05) is 19.4 Å². The van der Waals surface area contributed by atoms with Crippen LogP contribution >= 0.6 is 0 Å². The second-order valence-electron chi connectivity index (χ2n) is 8.52. The molecule has 0 radical (unpaired) electrons. The van der Waals surface area contributed by atoms with Crippen molar-refractivity contribution in [3.8, 4) is 17.4 Å². The maximum atomic E-state index is 14.0. The standard InChI is InChI=1S/C27H27FN2O6/c1-34-18-6-8-19(9-7-18)35-20-10-12-21(13-11-20)36-25-14-5-17(16-29-25)15-24(31)30-26-22(27(32)33)3-2-4-23(26)28/h2-5,10-14,16,18-19H,6-9,15H2,1H3,(H,30,31)(H,32,33). The number of carboxylic acid groups (broad SMARTS) is 1. The van der Waals surface area contributed by atoms with Crippen LogP contribution in [0.25, 0.3) is 0 Å². The molecule has 4 rings (SSSR count). The topological polar surface area (TPSA) is 107 Å². The number of benzene rings is 2. The van der Waals surface area contributed by atoms with E-state index in [2.05, 4.69) is 10.3 Å². The number of carboxylic acids is 1. The molecule has 1 fully saturated rings. The first-order valence-electron chi connectivity index (χ1n) is 11.6. The van der Waals surface area contributed by atoms with Crippen LogP contribution in [0.5, 0.6) is 17.4 Å². The second-order valence-corrected chi connectivity index (χ2v) is 8.52. The maximum Gasteiger partial charge on any atom is 0.337 e. The summed E-state index contributed by atoms with van der Waals surface area (Å²) in [6.45, 7) is 0. The smallest absolute Gasteiger partial charge is 0.337 e. The Morgan fingerprint density at radius 1 is 1.00 bits per heavy atom. The van der Waals surface area contributed by atoms with Crippen molar-refractivity contribution in [2.45, 2.75) is 44.3 Å². The van der Waals surface area contributed by atoms with Crippen molar-refractivity contribution in [3.05, 3.63) is 77.7 Å². The first kappa shape index (κ1) is 25.1. The number of para-hydroxylation sites is 1. The van der Waals surface area contributed by atoms with Crippen molar-refractivity contribution in [1.82, 2.24) is 4.98 Å². The van der Waals surface area contributed by atoms with Gasteiger partial charge in [-0.2, -0.15) is 0 Å². The van der Waals surface area contributed by atoms with Crippen molar-refractivity contribution < 1.29 is 33.3 Å². The summed E-state index contributed by atoms with van der Waals surface area (Å²) in [5.74, 6) is -1.01. The van der Waals surface area contributed by atoms with Gasteiger partial charge in [-0.1, -0.05) is 12.1 Å². The first-order chi connectivity index (χ1) is 17.4. The number of nitrogens with zero attached hydrogens (tertiary/aromatic N) is 1. The van der Waals surface area contributed by atoms with Gasteiger partial charge in [-0.15, -0.1) is 0 Å². The number of carbonyl (C=O) groups excluding carboxylic acids is 1. The van der Waals surface area contributed by atoms with Gasteiger partial charge in [0.1, 0.15) is 17.3 Å². The van der Waals surface area contributed by atoms with Crippen molar-refractivity contribution in [2.24, 2.45) is 0 Å². The summed E-state index contributed by atoms with van der Waals surface area (Å²) >= 11 is 0. The Labute approximate surface area is 208 Å². The number of aromatic nitrogens is 1. The van der Waals surface area contributed by atoms with Gasteiger partial charge in [-0.3, -0.25) is 4.79 Å². The fourth-order valence-electron chi connectivity index (χ4n) is 4.06. The van der Waals surface area contributed by atoms with E-state index in [1.807, 2.05) is 12.1 Å². The molecule has 2 N–H and O–H groups in total. The minimum Gasteiger partial charge on any atom is -0.490 e. The number of methoxy groups -OCH3 is 1. The van der Waals surface area contributed by atoms with Crippen molar-refractivity contribution >= 4 is 17.6 Å². The molecule has 0 unspecified atom stereocenters. The van der Waals surface area contributed by atoms with E-state index in [1.165, 1.54) is 18.3 Å². The lowest BCUT2D eigenvalue weighted by molar-refractivity contribution is -0.115. The molecule has 0 spiro atoms. The van der Waals surface area contributed by atoms with Crippen LogP contribution in [0.2, 0.25) is 0 Å². The quantitative estimate of drug-likeness (QED) is 0.420. The van der Waals surface area contributed by atoms with Gasteiger partial charge in [-0.25, -0.2) is 14.2 Å². The highest BCUT2D eigenvalue weighted by atomic mass is 19.1. The fraction of sp³-hybridized carbons (Fsp3) is 0.296. The Morgan fingerprint density at radius 3 is 2.33 bits per heavy atom. The third kappa shape index (κ3) is 6.57. The van der Waals surface area contributed by atoms with E-state index in [0.717, 1.165) is 37.5 Å². The van der Waals surface area contributed by atoms with Crippen molar-refractivity contribution in [3.63, 3.8) is 0 Å². The highest BCUT2D eigenvalue weighted by molar-refractivity contribution is 6.01. The molecule has 2 aromatic carbocycles. The van der Waals surface area contributed by atoms with Crippen molar-refractivity contribution in [1.29, 1.82) is 0 Å². The molecule has 188 valence electrons. The van der Waals surface area contributed by atoms with Gasteiger partial charge in [0.25, 0.3) is 0 Å². The molecule has 0 atom stereocenters. The molecule has 3 aromatic rings. The molecular weight excluding hydrogens is 467 g/mol. The SMILES string of the molecule is COC1CCC(Oc2ccc(Oc3ccc(CC(=O)Nc4c(F)cccc4C(=O)O)cn3)cc2)CC1. The number of halogens is 1. The molecule has 1 aromatic heterocycles. The summed E-state index contributed by atoms with van der Waals surface area (Å²) in [6, 6.07) is 14.2. The summed E-state index contributed by atoms with van der Waals surface area (Å²) in [6.07, 6.45) is 5.80. The lowest BCUT2D eigenvalue weighted by Gasteiger charge is -2.28. The monoisotopic (exact) mass is 494 g/mol. The van der Waals surface area contributed by atoms with Gasteiger partial charge < -0.3 is 24.6 Å². The average Bonchev–Trinajstić information content (AvgIpc) is 2.88. The highest BCUT2D eigenvalue weighted by Gasteiger charge is 2.22. The number of aromatic carboxylic acids is 1. The molecular formula is C27H27FN2O6. The van der Waals surface area contributed by atoms with E-state index in [0.29, 0.717) is 23.3 Å². The summed E-state index contributed by atoms with van der Waals surface area (Å²) in [7, 11) is 1.75. The van der Waals surface area contributed by atoms with E-state index in [-0.39, 0.29) is 23.8 Å². The number of hydrogen-bond acceptors (Lipinski definition) is 6. The predicted octanol–water partition coefficient (Wildman–Crippen LogP) is 5.23. The minimum absolute atomic E-state index is 0.112. The van der Waals surface area contributed by atoms with Crippen LogP contribution in [0.15, 0.2) is 60.8 Å². The zero-order chi connectivity index (χ0) is 25.5.